The predicted molar refractivity (Wildman–Crippen MR) is 122 cm³/mol. The van der Waals surface area contributed by atoms with Crippen LogP contribution in [0.2, 0.25) is 0 Å². The van der Waals surface area contributed by atoms with Crippen LogP contribution >= 0.6 is 0 Å². The number of aromatic nitrogens is 6. The zero-order valence-corrected chi connectivity index (χ0v) is 17.9. The highest BCUT2D eigenvalue weighted by Gasteiger charge is 2.44. The van der Waals surface area contributed by atoms with Gasteiger partial charge >= 0.3 is 0 Å². The van der Waals surface area contributed by atoms with Crippen molar-refractivity contribution in [3.63, 3.8) is 0 Å². The second kappa shape index (κ2) is 8.30. The Hall–Kier alpha value is -4.34. The van der Waals surface area contributed by atoms with E-state index in [-0.39, 0.29) is 11.4 Å². The van der Waals surface area contributed by atoms with Gasteiger partial charge in [0.1, 0.15) is 5.82 Å². The van der Waals surface area contributed by atoms with E-state index in [4.69, 9.17) is 20.3 Å². The van der Waals surface area contributed by atoms with E-state index in [0.717, 1.165) is 47.9 Å². The molecular formula is C23H22N8O2. The number of nitrogens with zero attached hydrogens (tertiary/aromatic N) is 6. The molecule has 10 heteroatoms. The minimum atomic E-state index is -0.317. The summed E-state index contributed by atoms with van der Waals surface area (Å²) < 4.78 is 5.58. The molecule has 1 fully saturated rings. The zero-order valence-electron chi connectivity index (χ0n) is 17.9. The van der Waals surface area contributed by atoms with Crippen molar-refractivity contribution >= 4 is 11.8 Å². The molecule has 1 aliphatic rings. The number of nitrogens with one attached hydrogen (secondary N) is 1. The molecule has 1 aliphatic carbocycles. The van der Waals surface area contributed by atoms with E-state index < -0.39 is 0 Å². The molecule has 4 heterocycles. The summed E-state index contributed by atoms with van der Waals surface area (Å²) in [5.74, 6) is 1.90. The predicted octanol–water partition coefficient (Wildman–Crippen LogP) is 3.87. The summed E-state index contributed by atoms with van der Waals surface area (Å²) in [4.78, 5) is 21.7. The van der Waals surface area contributed by atoms with Gasteiger partial charge in [-0.1, -0.05) is 17.6 Å². The lowest BCUT2D eigenvalue weighted by molar-refractivity contribution is 0.272. The van der Waals surface area contributed by atoms with Crippen LogP contribution in [0.4, 0.5) is 11.8 Å². The van der Waals surface area contributed by atoms with Crippen molar-refractivity contribution in [3.05, 3.63) is 72.4 Å². The van der Waals surface area contributed by atoms with Crippen LogP contribution in [0.25, 0.3) is 22.7 Å². The molecule has 0 saturated heterocycles. The number of pyridine rings is 2. The lowest BCUT2D eigenvalue weighted by Gasteiger charge is -2.39. The van der Waals surface area contributed by atoms with E-state index in [1.807, 2.05) is 24.4 Å². The number of aliphatic hydroxyl groups excluding tert-OH is 1. The first-order valence-corrected chi connectivity index (χ1v) is 10.5. The summed E-state index contributed by atoms with van der Waals surface area (Å²) in [6, 6.07) is 7.63. The third kappa shape index (κ3) is 3.86. The first-order valence-electron chi connectivity index (χ1n) is 10.5. The molecule has 0 aromatic carbocycles. The zero-order chi connectivity index (χ0) is 22.8. The Morgan fingerprint density at radius 3 is 2.42 bits per heavy atom. The molecule has 0 radical (unpaired) electrons. The van der Waals surface area contributed by atoms with Crippen LogP contribution in [0, 0.1) is 0 Å². The molecule has 0 atom stereocenters. The molecule has 4 aromatic heterocycles. The van der Waals surface area contributed by atoms with Gasteiger partial charge in [0.25, 0.3) is 5.89 Å². The van der Waals surface area contributed by atoms with Crippen LogP contribution in [-0.4, -0.2) is 35.2 Å². The number of hydrogen-bond donors (Lipinski definition) is 3. The Kier molecular flexibility index (Phi) is 5.17. The Balaban J connectivity index is 1.39. The maximum Gasteiger partial charge on any atom is 0.259 e. The topological polar surface area (TPSA) is 149 Å². The molecule has 0 unspecified atom stereocenters. The lowest BCUT2D eigenvalue weighted by Crippen LogP contribution is -2.36. The second-order valence-corrected chi connectivity index (χ2v) is 7.99. The quantitative estimate of drug-likeness (QED) is 0.376. The highest BCUT2D eigenvalue weighted by molar-refractivity contribution is 5.58. The molecule has 4 N–H and O–H groups in total. The van der Waals surface area contributed by atoms with E-state index in [1.54, 1.807) is 31.6 Å². The average Bonchev–Trinajstić information content (AvgIpc) is 3.30. The van der Waals surface area contributed by atoms with Gasteiger partial charge in [0.15, 0.2) is 5.82 Å². The van der Waals surface area contributed by atoms with Gasteiger partial charge < -0.3 is 20.7 Å². The van der Waals surface area contributed by atoms with Crippen LogP contribution in [0.5, 0.6) is 0 Å². The van der Waals surface area contributed by atoms with Crippen LogP contribution in [0.1, 0.15) is 37.6 Å². The van der Waals surface area contributed by atoms with Crippen LogP contribution in [0.3, 0.4) is 0 Å². The first kappa shape index (κ1) is 20.6. The van der Waals surface area contributed by atoms with Crippen LogP contribution < -0.4 is 11.1 Å². The SMILES string of the molecule is C/C(=C/O)Nc1ccc(-c2nc(C3(c4ccc(-c5cnc(N)nc5)nc4)CCC3)no2)cn1. The fourth-order valence-corrected chi connectivity index (χ4v) is 3.85. The largest absolute Gasteiger partial charge is 0.514 e. The Morgan fingerprint density at radius 1 is 1.03 bits per heavy atom. The van der Waals surface area contributed by atoms with Gasteiger partial charge in [-0.15, -0.1) is 0 Å². The molecule has 4 aromatic rings. The van der Waals surface area contributed by atoms with Gasteiger partial charge in [0.2, 0.25) is 5.95 Å². The maximum absolute atomic E-state index is 9.01. The van der Waals surface area contributed by atoms with Crippen molar-refractivity contribution in [2.24, 2.45) is 0 Å². The van der Waals surface area contributed by atoms with E-state index in [2.05, 4.69) is 30.4 Å². The highest BCUT2D eigenvalue weighted by Crippen LogP contribution is 2.48. The molecule has 166 valence electrons. The van der Waals surface area contributed by atoms with Gasteiger partial charge in [-0.25, -0.2) is 15.0 Å². The van der Waals surface area contributed by atoms with Crippen molar-refractivity contribution in [3.8, 4) is 22.7 Å². The minimum absolute atomic E-state index is 0.231. The molecule has 0 spiro atoms. The van der Waals surface area contributed by atoms with Crippen molar-refractivity contribution in [2.75, 3.05) is 11.1 Å². The van der Waals surface area contributed by atoms with Gasteiger partial charge in [-0.05, 0) is 43.5 Å². The van der Waals surface area contributed by atoms with Crippen LogP contribution in [-0.2, 0) is 5.41 Å². The minimum Gasteiger partial charge on any atom is -0.514 e. The summed E-state index contributed by atoms with van der Waals surface area (Å²) in [5, 5.41) is 16.3. The van der Waals surface area contributed by atoms with E-state index in [0.29, 0.717) is 23.2 Å². The monoisotopic (exact) mass is 442 g/mol. The summed E-state index contributed by atoms with van der Waals surface area (Å²) in [6.07, 6.45) is 10.7. The van der Waals surface area contributed by atoms with Crippen molar-refractivity contribution in [2.45, 2.75) is 31.6 Å². The van der Waals surface area contributed by atoms with Gasteiger partial charge in [-0.3, -0.25) is 4.98 Å². The maximum atomic E-state index is 9.01. The van der Waals surface area contributed by atoms with E-state index in [1.165, 1.54) is 0 Å². The van der Waals surface area contributed by atoms with E-state index >= 15 is 0 Å². The first-order chi connectivity index (χ1) is 16.1. The molecule has 5 rings (SSSR count). The van der Waals surface area contributed by atoms with Gasteiger partial charge in [0.05, 0.1) is 22.9 Å². The molecule has 0 amide bonds. The Labute approximate surface area is 189 Å². The fraction of sp³-hybridized carbons (Fsp3) is 0.217. The number of rotatable bonds is 6. The fourth-order valence-electron chi connectivity index (χ4n) is 3.85. The highest BCUT2D eigenvalue weighted by atomic mass is 16.5. The number of allylic oxidation sites excluding steroid dienone is 1. The molecular weight excluding hydrogens is 420 g/mol. The summed E-state index contributed by atoms with van der Waals surface area (Å²) in [6.45, 7) is 1.74. The van der Waals surface area contributed by atoms with E-state index in [9.17, 15) is 0 Å². The lowest BCUT2D eigenvalue weighted by atomic mass is 9.64. The van der Waals surface area contributed by atoms with Crippen molar-refractivity contribution in [1.29, 1.82) is 0 Å². The Bertz CT molecular complexity index is 1280. The average molecular weight is 442 g/mol. The number of aliphatic hydroxyl groups is 1. The normalized spacial score (nSPS) is 15.1. The third-order valence-corrected chi connectivity index (χ3v) is 5.87. The van der Waals surface area contributed by atoms with Crippen molar-refractivity contribution in [1.82, 2.24) is 30.1 Å². The summed E-state index contributed by atoms with van der Waals surface area (Å²) in [5.41, 5.74) is 9.18. The van der Waals surface area contributed by atoms with Gasteiger partial charge in [0, 0.05) is 36.0 Å². The van der Waals surface area contributed by atoms with Gasteiger partial charge in [-0.2, -0.15) is 4.98 Å². The molecule has 0 aliphatic heterocycles. The molecule has 1 saturated carbocycles. The molecule has 33 heavy (non-hydrogen) atoms. The van der Waals surface area contributed by atoms with Crippen LogP contribution in [0.15, 0.2) is 65.5 Å². The molecule has 10 nitrogen and oxygen atoms in total. The third-order valence-electron chi connectivity index (χ3n) is 5.87. The second-order valence-electron chi connectivity index (χ2n) is 7.99. The molecule has 0 bridgehead atoms. The summed E-state index contributed by atoms with van der Waals surface area (Å²) >= 11 is 0. The smallest absolute Gasteiger partial charge is 0.259 e. The summed E-state index contributed by atoms with van der Waals surface area (Å²) in [7, 11) is 0. The number of nitrogen functional groups attached to an aromatic ring is 1. The number of nitrogens with two attached hydrogens (primary N) is 1. The standard InChI is InChI=1S/C23H22N8O2/c1-14(13-32)29-19-6-3-15(9-26-19)20-30-21(31-33-20)23(7-2-8-23)17-4-5-18(25-12-17)16-10-27-22(24)28-11-16/h3-6,9-13,32H,2,7-8H2,1H3,(H,26,29)(H2,24,27,28)/b14-13-. The Morgan fingerprint density at radius 2 is 1.82 bits per heavy atom. The van der Waals surface area contributed by atoms with Crippen molar-refractivity contribution < 1.29 is 9.63 Å². The number of hydrogen-bond acceptors (Lipinski definition) is 10. The number of anilines is 2.